The molecule has 0 aromatic heterocycles. The van der Waals surface area contributed by atoms with E-state index in [4.69, 9.17) is 0 Å². The molecule has 1 aliphatic carbocycles. The van der Waals surface area contributed by atoms with Gasteiger partial charge in [-0.15, -0.1) is 0 Å². The Bertz CT molecular complexity index is 466. The van der Waals surface area contributed by atoms with Crippen LogP contribution in [0.5, 0.6) is 0 Å². The predicted octanol–water partition coefficient (Wildman–Crippen LogP) is 3.20. The van der Waals surface area contributed by atoms with Crippen molar-refractivity contribution in [2.24, 2.45) is 11.8 Å². The van der Waals surface area contributed by atoms with Crippen LogP contribution in [0.25, 0.3) is 0 Å². The molecule has 0 spiro atoms. The Balaban J connectivity index is 1.92. The van der Waals surface area contributed by atoms with Gasteiger partial charge in [0, 0.05) is 0 Å². The maximum Gasteiger partial charge on any atom is 0.234 e. The van der Waals surface area contributed by atoms with Crippen molar-refractivity contribution >= 4 is 5.91 Å². The fourth-order valence-electron chi connectivity index (χ4n) is 2.67. The van der Waals surface area contributed by atoms with E-state index in [2.05, 4.69) is 43.5 Å². The van der Waals surface area contributed by atoms with Gasteiger partial charge in [0.25, 0.3) is 0 Å². The molecule has 1 aliphatic rings. The van der Waals surface area contributed by atoms with Crippen LogP contribution < -0.4 is 10.6 Å². The van der Waals surface area contributed by atoms with Crippen LogP contribution in [0.2, 0.25) is 0 Å². The Morgan fingerprint density at radius 2 is 2.00 bits per heavy atom. The van der Waals surface area contributed by atoms with Crippen LogP contribution >= 0.6 is 0 Å². The van der Waals surface area contributed by atoms with Gasteiger partial charge < -0.3 is 10.6 Å². The van der Waals surface area contributed by atoms with Crippen molar-refractivity contribution in [1.29, 1.82) is 0 Å². The van der Waals surface area contributed by atoms with E-state index < -0.39 is 0 Å². The molecular formula is C18H28N2O. The van der Waals surface area contributed by atoms with Crippen molar-refractivity contribution in [2.45, 2.75) is 46.1 Å². The Labute approximate surface area is 128 Å². The van der Waals surface area contributed by atoms with Crippen LogP contribution in [0.1, 0.15) is 50.3 Å². The van der Waals surface area contributed by atoms with E-state index in [1.165, 1.54) is 24.0 Å². The molecule has 1 unspecified atom stereocenters. The summed E-state index contributed by atoms with van der Waals surface area (Å²) < 4.78 is 0. The molecule has 1 aromatic carbocycles. The second-order valence-corrected chi connectivity index (χ2v) is 6.68. The molecule has 21 heavy (non-hydrogen) atoms. The quantitative estimate of drug-likeness (QED) is 0.771. The summed E-state index contributed by atoms with van der Waals surface area (Å²) in [4.78, 5) is 12.1. The van der Waals surface area contributed by atoms with E-state index in [9.17, 15) is 4.79 Å². The van der Waals surface area contributed by atoms with E-state index in [0.29, 0.717) is 12.5 Å². The van der Waals surface area contributed by atoms with Gasteiger partial charge in [0.1, 0.15) is 0 Å². The van der Waals surface area contributed by atoms with Gasteiger partial charge in [0.05, 0.1) is 12.6 Å². The molecule has 0 bridgehead atoms. The van der Waals surface area contributed by atoms with Gasteiger partial charge in [-0.1, -0.05) is 38.1 Å². The standard InChI is InChI=1S/C18H28N2O/c1-13(2)10-17(16-7-5-4-6-14(16)3)20-18(21)12-19-11-15-8-9-15/h4-7,13,15,17,19H,8-12H2,1-3H3,(H,20,21). The van der Waals surface area contributed by atoms with Crippen LogP contribution in [0.3, 0.4) is 0 Å². The fourth-order valence-corrected chi connectivity index (χ4v) is 2.67. The highest BCUT2D eigenvalue weighted by atomic mass is 16.1. The number of rotatable bonds is 8. The molecule has 0 heterocycles. The highest BCUT2D eigenvalue weighted by Crippen LogP contribution is 2.27. The third-order valence-corrected chi connectivity index (χ3v) is 4.02. The van der Waals surface area contributed by atoms with Gasteiger partial charge in [-0.25, -0.2) is 0 Å². The van der Waals surface area contributed by atoms with E-state index in [1.807, 2.05) is 12.1 Å². The topological polar surface area (TPSA) is 41.1 Å². The fraction of sp³-hybridized carbons (Fsp3) is 0.611. The summed E-state index contributed by atoms with van der Waals surface area (Å²) in [5.41, 5.74) is 2.48. The monoisotopic (exact) mass is 288 g/mol. The average Bonchev–Trinajstić information content (AvgIpc) is 3.22. The van der Waals surface area contributed by atoms with E-state index in [0.717, 1.165) is 18.9 Å². The van der Waals surface area contributed by atoms with Crippen molar-refractivity contribution in [1.82, 2.24) is 10.6 Å². The highest BCUT2D eigenvalue weighted by Gasteiger charge is 2.21. The number of hydrogen-bond acceptors (Lipinski definition) is 2. The molecule has 1 aromatic rings. The lowest BCUT2D eigenvalue weighted by Crippen LogP contribution is -2.37. The summed E-state index contributed by atoms with van der Waals surface area (Å²) in [5.74, 6) is 1.46. The number of amides is 1. The lowest BCUT2D eigenvalue weighted by Gasteiger charge is -2.23. The van der Waals surface area contributed by atoms with Crippen LogP contribution in [0.4, 0.5) is 0 Å². The molecule has 3 nitrogen and oxygen atoms in total. The van der Waals surface area contributed by atoms with Crippen LogP contribution in [0.15, 0.2) is 24.3 Å². The molecule has 0 radical (unpaired) electrons. The second-order valence-electron chi connectivity index (χ2n) is 6.68. The zero-order chi connectivity index (χ0) is 15.2. The largest absolute Gasteiger partial charge is 0.348 e. The number of carbonyl (C=O) groups is 1. The maximum absolute atomic E-state index is 12.1. The molecule has 1 amide bonds. The molecule has 1 fully saturated rings. The number of aryl methyl sites for hydroxylation is 1. The molecular weight excluding hydrogens is 260 g/mol. The number of hydrogen-bond donors (Lipinski definition) is 2. The summed E-state index contributed by atoms with van der Waals surface area (Å²) in [7, 11) is 0. The lowest BCUT2D eigenvalue weighted by molar-refractivity contribution is -0.121. The molecule has 0 saturated heterocycles. The van der Waals surface area contributed by atoms with Gasteiger partial charge in [-0.3, -0.25) is 4.79 Å². The third kappa shape index (κ3) is 5.50. The minimum Gasteiger partial charge on any atom is -0.348 e. The van der Waals surface area contributed by atoms with E-state index in [-0.39, 0.29) is 11.9 Å². The maximum atomic E-state index is 12.1. The van der Waals surface area contributed by atoms with Crippen LogP contribution in [-0.2, 0) is 4.79 Å². The molecule has 3 heteroatoms. The Kier molecular flexibility index (Phi) is 5.80. The SMILES string of the molecule is Cc1ccccc1C(CC(C)C)NC(=O)CNCC1CC1. The Morgan fingerprint density at radius 3 is 2.62 bits per heavy atom. The Hall–Kier alpha value is -1.35. The van der Waals surface area contributed by atoms with Gasteiger partial charge in [-0.2, -0.15) is 0 Å². The summed E-state index contributed by atoms with van der Waals surface area (Å²) in [6.07, 6.45) is 3.60. The first-order valence-corrected chi connectivity index (χ1v) is 8.12. The molecule has 116 valence electrons. The van der Waals surface area contributed by atoms with E-state index >= 15 is 0 Å². The smallest absolute Gasteiger partial charge is 0.234 e. The third-order valence-electron chi connectivity index (χ3n) is 4.02. The Morgan fingerprint density at radius 1 is 1.29 bits per heavy atom. The minimum absolute atomic E-state index is 0.101. The second kappa shape index (κ2) is 7.60. The zero-order valence-corrected chi connectivity index (χ0v) is 13.5. The first kappa shape index (κ1) is 16.0. The summed E-state index contributed by atoms with van der Waals surface area (Å²) >= 11 is 0. The summed E-state index contributed by atoms with van der Waals surface area (Å²) in [5, 5.41) is 6.46. The van der Waals surface area contributed by atoms with Crippen molar-refractivity contribution in [2.75, 3.05) is 13.1 Å². The highest BCUT2D eigenvalue weighted by molar-refractivity contribution is 5.78. The predicted molar refractivity (Wildman–Crippen MR) is 87.1 cm³/mol. The minimum atomic E-state index is 0.101. The van der Waals surface area contributed by atoms with E-state index in [1.54, 1.807) is 0 Å². The van der Waals surface area contributed by atoms with Crippen LogP contribution in [0, 0.1) is 18.8 Å². The molecule has 2 rings (SSSR count). The number of nitrogens with one attached hydrogen (secondary N) is 2. The first-order chi connectivity index (χ1) is 10.1. The number of carbonyl (C=O) groups excluding carboxylic acids is 1. The zero-order valence-electron chi connectivity index (χ0n) is 13.5. The van der Waals surface area contributed by atoms with Gasteiger partial charge in [-0.05, 0) is 55.7 Å². The lowest BCUT2D eigenvalue weighted by atomic mass is 9.94. The molecule has 0 aliphatic heterocycles. The van der Waals surface area contributed by atoms with Gasteiger partial charge >= 0.3 is 0 Å². The van der Waals surface area contributed by atoms with Crippen molar-refractivity contribution in [3.8, 4) is 0 Å². The number of benzene rings is 1. The van der Waals surface area contributed by atoms with Gasteiger partial charge in [0.15, 0.2) is 0 Å². The first-order valence-electron chi connectivity index (χ1n) is 8.12. The summed E-state index contributed by atoms with van der Waals surface area (Å²) in [6.45, 7) is 7.91. The normalized spacial score (nSPS) is 16.0. The summed E-state index contributed by atoms with van der Waals surface area (Å²) in [6, 6.07) is 8.44. The van der Waals surface area contributed by atoms with Gasteiger partial charge in [0.2, 0.25) is 5.91 Å². The molecule has 1 atom stereocenters. The van der Waals surface area contributed by atoms with Crippen molar-refractivity contribution < 1.29 is 4.79 Å². The van der Waals surface area contributed by atoms with Crippen molar-refractivity contribution in [3.63, 3.8) is 0 Å². The average molecular weight is 288 g/mol. The molecule has 1 saturated carbocycles. The van der Waals surface area contributed by atoms with Crippen molar-refractivity contribution in [3.05, 3.63) is 35.4 Å². The van der Waals surface area contributed by atoms with Crippen LogP contribution in [-0.4, -0.2) is 19.0 Å². The molecule has 2 N–H and O–H groups in total.